The number of hydrogen-bond donors (Lipinski definition) is 1. The summed E-state index contributed by atoms with van der Waals surface area (Å²) in [5, 5.41) is 11.5. The van der Waals surface area contributed by atoms with E-state index in [9.17, 15) is 0 Å². The van der Waals surface area contributed by atoms with Gasteiger partial charge in [-0.2, -0.15) is 10.1 Å². The number of benzene rings is 1. The second-order valence-electron chi connectivity index (χ2n) is 4.92. The molecule has 0 spiro atoms. The zero-order valence-electron chi connectivity index (χ0n) is 12.4. The van der Waals surface area contributed by atoms with Crippen LogP contribution in [0.5, 0.6) is 0 Å². The molecule has 0 saturated carbocycles. The van der Waals surface area contributed by atoms with Crippen molar-refractivity contribution in [1.29, 1.82) is 0 Å². The van der Waals surface area contributed by atoms with E-state index in [2.05, 4.69) is 27.5 Å². The molecule has 1 N–H and O–H groups in total. The highest BCUT2D eigenvalue weighted by atomic mass is 35.5. The first-order valence-electron chi connectivity index (χ1n) is 6.86. The smallest absolute Gasteiger partial charge is 0.261 e. The lowest BCUT2D eigenvalue weighted by Gasteiger charge is -2.04. The quantitative estimate of drug-likeness (QED) is 0.782. The maximum absolute atomic E-state index is 5.30. The Balaban J connectivity index is 0.00000176. The third-order valence-electron chi connectivity index (χ3n) is 3.30. The number of likely N-dealkylation sites (N-methyl/N-ethyl adjacent to an activating group) is 1. The molecule has 7 heteroatoms. The molecule has 3 aromatic rings. The molecule has 22 heavy (non-hydrogen) atoms. The molecule has 2 heterocycles. The zero-order chi connectivity index (χ0) is 14.7. The molecular weight excluding hydrogens is 302 g/mol. The lowest BCUT2D eigenvalue weighted by molar-refractivity contribution is 0.418. The Kier molecular flexibility index (Phi) is 5.30. The molecule has 1 atom stereocenters. The Hall–Kier alpha value is -2.18. The zero-order valence-corrected chi connectivity index (χ0v) is 13.2. The second-order valence-corrected chi connectivity index (χ2v) is 4.92. The van der Waals surface area contributed by atoms with E-state index in [-0.39, 0.29) is 12.4 Å². The first kappa shape index (κ1) is 16.2. The van der Waals surface area contributed by atoms with Gasteiger partial charge in [-0.25, -0.2) is 4.68 Å². The van der Waals surface area contributed by atoms with Gasteiger partial charge in [-0.1, -0.05) is 23.4 Å². The van der Waals surface area contributed by atoms with Crippen LogP contribution in [0, 0.1) is 0 Å². The molecule has 2 aromatic heterocycles. The minimum absolute atomic E-state index is 0. The van der Waals surface area contributed by atoms with Crippen LogP contribution < -0.4 is 5.32 Å². The summed E-state index contributed by atoms with van der Waals surface area (Å²) in [7, 11) is 1.91. The molecule has 0 saturated heterocycles. The van der Waals surface area contributed by atoms with Crippen molar-refractivity contribution in [3.8, 4) is 17.1 Å². The van der Waals surface area contributed by atoms with Crippen molar-refractivity contribution >= 4 is 12.4 Å². The fraction of sp³-hybridized carbons (Fsp3) is 0.267. The summed E-state index contributed by atoms with van der Waals surface area (Å²) in [6, 6.07) is 10.2. The van der Waals surface area contributed by atoms with Gasteiger partial charge in [0.15, 0.2) is 5.82 Å². The Labute approximate surface area is 135 Å². The molecule has 0 aliphatic carbocycles. The van der Waals surface area contributed by atoms with Crippen LogP contribution >= 0.6 is 12.4 Å². The molecule has 0 amide bonds. The van der Waals surface area contributed by atoms with Crippen LogP contribution in [-0.4, -0.2) is 33.0 Å². The van der Waals surface area contributed by atoms with Gasteiger partial charge in [-0.15, -0.1) is 12.4 Å². The molecule has 0 aliphatic heterocycles. The largest absolute Gasteiger partial charge is 0.334 e. The highest BCUT2D eigenvalue weighted by molar-refractivity contribution is 5.85. The summed E-state index contributed by atoms with van der Waals surface area (Å²) in [6.45, 7) is 2.07. The summed E-state index contributed by atoms with van der Waals surface area (Å²) in [5.41, 5.74) is 1.81. The lowest BCUT2D eigenvalue weighted by Crippen LogP contribution is -2.24. The molecule has 0 aliphatic rings. The Morgan fingerprint density at radius 2 is 2.05 bits per heavy atom. The number of para-hydroxylation sites is 1. The van der Waals surface area contributed by atoms with Crippen molar-refractivity contribution in [1.82, 2.24) is 25.2 Å². The molecule has 0 fully saturated rings. The van der Waals surface area contributed by atoms with Crippen molar-refractivity contribution in [3.63, 3.8) is 0 Å². The van der Waals surface area contributed by atoms with Crippen molar-refractivity contribution in [2.24, 2.45) is 0 Å². The molecular formula is C15H18ClN5O. The first-order valence-corrected chi connectivity index (χ1v) is 6.86. The van der Waals surface area contributed by atoms with Gasteiger partial charge >= 0.3 is 0 Å². The molecule has 3 rings (SSSR count). The lowest BCUT2D eigenvalue weighted by atomic mass is 10.2. The van der Waals surface area contributed by atoms with Crippen LogP contribution in [-0.2, 0) is 6.42 Å². The molecule has 116 valence electrons. The van der Waals surface area contributed by atoms with Gasteiger partial charge in [0.25, 0.3) is 5.89 Å². The molecule has 0 bridgehead atoms. The number of nitrogens with one attached hydrogen (secondary N) is 1. The van der Waals surface area contributed by atoms with Crippen LogP contribution in [0.15, 0.2) is 47.2 Å². The third kappa shape index (κ3) is 3.52. The highest BCUT2D eigenvalue weighted by Crippen LogP contribution is 2.18. The van der Waals surface area contributed by atoms with E-state index < -0.39 is 0 Å². The van der Waals surface area contributed by atoms with E-state index in [1.54, 1.807) is 10.9 Å². The summed E-state index contributed by atoms with van der Waals surface area (Å²) >= 11 is 0. The number of halogens is 1. The van der Waals surface area contributed by atoms with E-state index in [4.69, 9.17) is 4.52 Å². The minimum Gasteiger partial charge on any atom is -0.334 e. The van der Waals surface area contributed by atoms with Crippen molar-refractivity contribution in [2.75, 3.05) is 7.05 Å². The van der Waals surface area contributed by atoms with E-state index in [0.29, 0.717) is 17.8 Å². The Bertz CT molecular complexity index is 710. The van der Waals surface area contributed by atoms with Crippen molar-refractivity contribution < 1.29 is 4.52 Å². The first-order chi connectivity index (χ1) is 10.3. The maximum Gasteiger partial charge on any atom is 0.261 e. The SMILES string of the molecule is CNC(C)Cc1noc(-c2cnn(-c3ccccc3)c2)n1.Cl. The predicted octanol–water partition coefficient (Wildman–Crippen LogP) is 2.49. The molecule has 1 aromatic carbocycles. The molecule has 0 radical (unpaired) electrons. The monoisotopic (exact) mass is 319 g/mol. The molecule has 6 nitrogen and oxygen atoms in total. The van der Waals surface area contributed by atoms with Gasteiger partial charge in [0.2, 0.25) is 0 Å². The van der Waals surface area contributed by atoms with Crippen LogP contribution in [0.3, 0.4) is 0 Å². The maximum atomic E-state index is 5.30. The topological polar surface area (TPSA) is 68.8 Å². The normalized spacial score (nSPS) is 11.9. The van der Waals surface area contributed by atoms with Gasteiger partial charge in [-0.05, 0) is 26.1 Å². The van der Waals surface area contributed by atoms with Crippen LogP contribution in [0.2, 0.25) is 0 Å². The van der Waals surface area contributed by atoms with Gasteiger partial charge in [0, 0.05) is 18.7 Å². The summed E-state index contributed by atoms with van der Waals surface area (Å²) in [5.74, 6) is 1.19. The standard InChI is InChI=1S/C15H17N5O.ClH/c1-11(16-2)8-14-18-15(21-19-14)12-9-17-20(10-12)13-6-4-3-5-7-13;/h3-7,9-11,16H,8H2,1-2H3;1H. The average Bonchev–Trinajstić information content (AvgIpc) is 3.17. The summed E-state index contributed by atoms with van der Waals surface area (Å²) in [6.07, 6.45) is 4.34. The van der Waals surface area contributed by atoms with Gasteiger partial charge in [0.1, 0.15) is 0 Å². The van der Waals surface area contributed by atoms with Crippen LogP contribution in [0.4, 0.5) is 0 Å². The fourth-order valence-electron chi connectivity index (χ4n) is 1.99. The van der Waals surface area contributed by atoms with E-state index >= 15 is 0 Å². The van der Waals surface area contributed by atoms with E-state index in [1.165, 1.54) is 0 Å². The third-order valence-corrected chi connectivity index (χ3v) is 3.30. The predicted molar refractivity (Wildman–Crippen MR) is 86.3 cm³/mol. The highest BCUT2D eigenvalue weighted by Gasteiger charge is 2.13. The van der Waals surface area contributed by atoms with Crippen LogP contribution in [0.1, 0.15) is 12.7 Å². The average molecular weight is 320 g/mol. The number of aromatic nitrogens is 4. The van der Waals surface area contributed by atoms with Crippen molar-refractivity contribution in [3.05, 3.63) is 48.5 Å². The van der Waals surface area contributed by atoms with Crippen LogP contribution in [0.25, 0.3) is 17.1 Å². The number of nitrogens with zero attached hydrogens (tertiary/aromatic N) is 4. The van der Waals surface area contributed by atoms with E-state index in [0.717, 1.165) is 17.7 Å². The number of hydrogen-bond acceptors (Lipinski definition) is 5. The van der Waals surface area contributed by atoms with Gasteiger partial charge in [0.05, 0.1) is 17.4 Å². The Morgan fingerprint density at radius 1 is 1.27 bits per heavy atom. The summed E-state index contributed by atoms with van der Waals surface area (Å²) in [4.78, 5) is 4.40. The van der Waals surface area contributed by atoms with Crippen molar-refractivity contribution in [2.45, 2.75) is 19.4 Å². The minimum atomic E-state index is 0. The second kappa shape index (κ2) is 7.20. The van der Waals surface area contributed by atoms with Gasteiger partial charge < -0.3 is 9.84 Å². The van der Waals surface area contributed by atoms with E-state index in [1.807, 2.05) is 43.6 Å². The van der Waals surface area contributed by atoms with Gasteiger partial charge in [-0.3, -0.25) is 0 Å². The Morgan fingerprint density at radius 3 is 2.77 bits per heavy atom. The fourth-order valence-corrected chi connectivity index (χ4v) is 1.99. The molecule has 1 unspecified atom stereocenters. The summed E-state index contributed by atoms with van der Waals surface area (Å²) < 4.78 is 7.09. The number of rotatable bonds is 5.